The van der Waals surface area contributed by atoms with Gasteiger partial charge in [-0.25, -0.2) is 4.39 Å². The first-order chi connectivity index (χ1) is 26.4. The van der Waals surface area contributed by atoms with Gasteiger partial charge in [0.15, 0.2) is 0 Å². The lowest BCUT2D eigenvalue weighted by molar-refractivity contribution is -0.404. The van der Waals surface area contributed by atoms with Gasteiger partial charge in [-0.05, 0) is 64.9 Å². The monoisotopic (exact) mass is 732 g/mol. The molecule has 7 rings (SSSR count). The van der Waals surface area contributed by atoms with E-state index >= 15 is 4.39 Å². The van der Waals surface area contributed by atoms with Gasteiger partial charge in [-0.2, -0.15) is 0 Å². The van der Waals surface area contributed by atoms with E-state index in [1.165, 1.54) is 6.07 Å². The second kappa shape index (κ2) is 17.4. The fourth-order valence-electron chi connectivity index (χ4n) is 7.36. The molecule has 2 fully saturated rings. The van der Waals surface area contributed by atoms with Gasteiger partial charge in [0, 0.05) is 12.0 Å². The molecule has 7 nitrogen and oxygen atoms in total. The number of rotatable bonds is 16. The highest BCUT2D eigenvalue weighted by Crippen LogP contribution is 2.48. The van der Waals surface area contributed by atoms with Crippen LogP contribution in [0.3, 0.4) is 0 Å². The van der Waals surface area contributed by atoms with E-state index in [1.54, 1.807) is 12.1 Å². The summed E-state index contributed by atoms with van der Waals surface area (Å²) in [6.45, 7) is 5.96. The van der Waals surface area contributed by atoms with E-state index in [4.69, 9.17) is 28.4 Å². The van der Waals surface area contributed by atoms with E-state index in [0.717, 1.165) is 28.0 Å². The van der Waals surface area contributed by atoms with Gasteiger partial charge in [0.2, 0.25) is 5.79 Å². The van der Waals surface area contributed by atoms with Crippen LogP contribution in [0.5, 0.6) is 5.75 Å². The summed E-state index contributed by atoms with van der Waals surface area (Å²) in [5.74, 6) is -1.68. The van der Waals surface area contributed by atoms with Crippen molar-refractivity contribution < 1.29 is 37.9 Å². The quantitative estimate of drug-likeness (QED) is 0.109. The van der Waals surface area contributed by atoms with Crippen molar-refractivity contribution in [1.82, 2.24) is 0 Å². The number of hydrogen-bond acceptors (Lipinski definition) is 7. The minimum Gasteiger partial charge on any atom is -0.486 e. The number of halogens is 1. The third kappa shape index (κ3) is 8.60. The topological polar surface area (TPSA) is 75.6 Å². The van der Waals surface area contributed by atoms with E-state index in [2.05, 4.69) is 0 Å². The highest BCUT2D eigenvalue weighted by atomic mass is 19.1. The van der Waals surface area contributed by atoms with Crippen molar-refractivity contribution >= 4 is 0 Å². The van der Waals surface area contributed by atoms with Crippen LogP contribution < -0.4 is 4.74 Å². The molecule has 54 heavy (non-hydrogen) atoms. The van der Waals surface area contributed by atoms with Gasteiger partial charge in [0.05, 0.1) is 33.0 Å². The molecule has 0 bridgehead atoms. The summed E-state index contributed by atoms with van der Waals surface area (Å²) >= 11 is 0. The van der Waals surface area contributed by atoms with Gasteiger partial charge >= 0.3 is 0 Å². The normalized spacial score (nSPS) is 22.4. The van der Waals surface area contributed by atoms with Crippen LogP contribution in [0.1, 0.15) is 60.1 Å². The van der Waals surface area contributed by atoms with Crippen LogP contribution in [0.25, 0.3) is 0 Å². The molecule has 0 aromatic heterocycles. The number of ether oxygens (including phenoxy) is 6. The molecule has 0 saturated carbocycles. The first-order valence-electron chi connectivity index (χ1n) is 18.9. The summed E-state index contributed by atoms with van der Waals surface area (Å²) in [7, 11) is 0. The Kier molecular flexibility index (Phi) is 12.2. The maximum atomic E-state index is 15.7. The lowest BCUT2D eigenvalue weighted by Gasteiger charge is -2.56. The van der Waals surface area contributed by atoms with Gasteiger partial charge in [0.1, 0.15) is 41.6 Å². The van der Waals surface area contributed by atoms with Crippen molar-refractivity contribution in [1.29, 1.82) is 0 Å². The molecule has 0 spiro atoms. The van der Waals surface area contributed by atoms with Crippen LogP contribution in [0.15, 0.2) is 133 Å². The Bertz CT molecular complexity index is 1900. The maximum absolute atomic E-state index is 15.7. The summed E-state index contributed by atoms with van der Waals surface area (Å²) in [6, 6.07) is 42.0. The predicted octanol–water partition coefficient (Wildman–Crippen LogP) is 8.68. The molecule has 2 saturated heterocycles. The molecular formula is C46H49FO7. The second-order valence-corrected chi connectivity index (χ2v) is 14.2. The van der Waals surface area contributed by atoms with E-state index in [0.29, 0.717) is 50.2 Å². The van der Waals surface area contributed by atoms with Crippen LogP contribution in [0.4, 0.5) is 4.39 Å². The summed E-state index contributed by atoms with van der Waals surface area (Å²) < 4.78 is 54.3. The minimum absolute atomic E-state index is 0.0560. The molecule has 2 aliphatic rings. The largest absolute Gasteiger partial charge is 0.486 e. The molecule has 8 heteroatoms. The average molecular weight is 733 g/mol. The van der Waals surface area contributed by atoms with Crippen molar-refractivity contribution in [3.8, 4) is 5.75 Å². The molecule has 0 radical (unpaired) electrons. The fraction of sp³-hybridized carbons (Fsp3) is 0.348. The van der Waals surface area contributed by atoms with Gasteiger partial charge in [-0.1, -0.05) is 123 Å². The van der Waals surface area contributed by atoms with Crippen molar-refractivity contribution in [2.45, 2.75) is 88.7 Å². The van der Waals surface area contributed by atoms with Crippen LogP contribution in [0.2, 0.25) is 0 Å². The van der Waals surface area contributed by atoms with E-state index in [9.17, 15) is 5.11 Å². The van der Waals surface area contributed by atoms with Crippen LogP contribution >= 0.6 is 0 Å². The lowest BCUT2D eigenvalue weighted by Crippen LogP contribution is -2.69. The summed E-state index contributed by atoms with van der Waals surface area (Å²) in [5, 5.41) is 13.1. The Balaban J connectivity index is 1.27. The van der Waals surface area contributed by atoms with E-state index in [1.807, 2.05) is 129 Å². The molecule has 4 unspecified atom stereocenters. The van der Waals surface area contributed by atoms with Crippen molar-refractivity contribution in [2.75, 3.05) is 13.2 Å². The zero-order valence-electron chi connectivity index (χ0n) is 30.9. The van der Waals surface area contributed by atoms with Crippen LogP contribution in [-0.2, 0) is 55.7 Å². The van der Waals surface area contributed by atoms with E-state index < -0.39 is 29.7 Å². The predicted molar refractivity (Wildman–Crippen MR) is 204 cm³/mol. The Morgan fingerprint density at radius 2 is 1.19 bits per heavy atom. The molecule has 2 aliphatic heterocycles. The SMILES string of the molecule is CCC1(CC)OC(O)(c2ccc(F)c(Cc3ccc(OC4COC4)cc3)c2)C(OCc2ccccc2)C(OCc2ccccc2)C1OCc1ccccc1. The number of benzene rings is 5. The third-order valence-corrected chi connectivity index (χ3v) is 10.6. The van der Waals surface area contributed by atoms with Gasteiger partial charge < -0.3 is 33.5 Å². The Labute approximate surface area is 317 Å². The van der Waals surface area contributed by atoms with Gasteiger partial charge in [-0.15, -0.1) is 0 Å². The molecule has 4 atom stereocenters. The van der Waals surface area contributed by atoms with Crippen LogP contribution in [-0.4, -0.2) is 48.3 Å². The van der Waals surface area contributed by atoms with Crippen molar-refractivity contribution in [2.24, 2.45) is 0 Å². The van der Waals surface area contributed by atoms with Gasteiger partial charge in [0.25, 0.3) is 0 Å². The second-order valence-electron chi connectivity index (χ2n) is 14.2. The standard InChI is InChI=1S/C46H49FO7/c1-3-45(4-2)43(51-29-35-16-10-6-11-17-35)42(50-28-34-14-8-5-9-15-34)44(52-30-36-18-12-7-13-19-36)46(48,54-45)38-22-25-41(47)37(27-38)26-33-20-23-39(24-21-33)53-40-31-49-32-40/h5-25,27,40,42-44,48H,3-4,26,28-32H2,1-2H3. The molecule has 5 aromatic carbocycles. The zero-order valence-corrected chi connectivity index (χ0v) is 30.9. The van der Waals surface area contributed by atoms with Gasteiger partial charge in [-0.3, -0.25) is 0 Å². The zero-order chi connectivity index (χ0) is 37.4. The molecular weight excluding hydrogens is 683 g/mol. The van der Waals surface area contributed by atoms with Crippen LogP contribution in [0, 0.1) is 5.82 Å². The highest BCUT2D eigenvalue weighted by Gasteiger charge is 2.62. The molecule has 282 valence electrons. The van der Waals surface area contributed by atoms with Crippen molar-refractivity contribution in [3.63, 3.8) is 0 Å². The number of aliphatic hydroxyl groups is 1. The molecule has 5 aromatic rings. The smallest absolute Gasteiger partial charge is 0.223 e. The number of hydrogen-bond donors (Lipinski definition) is 1. The fourth-order valence-corrected chi connectivity index (χ4v) is 7.36. The lowest BCUT2D eigenvalue weighted by atomic mass is 9.77. The molecule has 2 heterocycles. The average Bonchev–Trinajstić information content (AvgIpc) is 3.20. The van der Waals surface area contributed by atoms with Crippen molar-refractivity contribution in [3.05, 3.63) is 173 Å². The Hall–Kier alpha value is -4.41. The Morgan fingerprint density at radius 3 is 1.70 bits per heavy atom. The third-order valence-electron chi connectivity index (χ3n) is 10.6. The first-order valence-corrected chi connectivity index (χ1v) is 18.9. The molecule has 0 aliphatic carbocycles. The minimum atomic E-state index is -2.04. The molecule has 1 N–H and O–H groups in total. The summed E-state index contributed by atoms with van der Waals surface area (Å²) in [4.78, 5) is 0. The first kappa shape index (κ1) is 37.9. The maximum Gasteiger partial charge on any atom is 0.223 e. The molecule has 0 amide bonds. The summed E-state index contributed by atoms with van der Waals surface area (Å²) in [6.07, 6.45) is -1.13. The Morgan fingerprint density at radius 1 is 0.648 bits per heavy atom. The highest BCUT2D eigenvalue weighted by molar-refractivity contribution is 5.36. The summed E-state index contributed by atoms with van der Waals surface area (Å²) in [5.41, 5.74) is 3.58. The van der Waals surface area contributed by atoms with E-state index in [-0.39, 0.29) is 25.1 Å².